The maximum atomic E-state index is 12.5. The second kappa shape index (κ2) is 7.28. The van der Waals surface area contributed by atoms with Crippen LogP contribution in [0.3, 0.4) is 0 Å². The summed E-state index contributed by atoms with van der Waals surface area (Å²) in [7, 11) is 0. The van der Waals surface area contributed by atoms with Crippen molar-refractivity contribution in [3.05, 3.63) is 59.6 Å². The average Bonchev–Trinajstić information content (AvgIpc) is 3.31. The third kappa shape index (κ3) is 4.10. The number of thiophene rings is 1. The lowest BCUT2D eigenvalue weighted by Gasteiger charge is -1.99. The van der Waals surface area contributed by atoms with E-state index in [0.29, 0.717) is 29.8 Å². The van der Waals surface area contributed by atoms with Crippen molar-refractivity contribution in [3.8, 4) is 10.7 Å². The molecule has 9 heteroatoms. The first kappa shape index (κ1) is 18.1. The molecule has 0 bridgehead atoms. The minimum Gasteiger partial charge on any atom is -0.348 e. The first-order chi connectivity index (χ1) is 12.4. The fourth-order valence-electron chi connectivity index (χ4n) is 2.28. The largest absolute Gasteiger partial charge is 0.471 e. The number of nitrogens with zero attached hydrogens (tertiary/aromatic N) is 3. The topological polar surface area (TPSA) is 60.9 Å². The van der Waals surface area contributed by atoms with Crippen molar-refractivity contribution in [3.63, 3.8) is 0 Å². The smallest absolute Gasteiger partial charge is 0.348 e. The van der Waals surface area contributed by atoms with E-state index in [1.54, 1.807) is 36.7 Å². The molecular formula is C17H14F3N3O2S. The molecule has 0 saturated carbocycles. The molecule has 0 fully saturated rings. The summed E-state index contributed by atoms with van der Waals surface area (Å²) in [6.07, 6.45) is 1.62. The predicted octanol–water partition coefficient (Wildman–Crippen LogP) is 4.82. The Morgan fingerprint density at radius 3 is 2.85 bits per heavy atom. The van der Waals surface area contributed by atoms with E-state index in [0.717, 1.165) is 4.88 Å². The lowest BCUT2D eigenvalue weighted by Crippen LogP contribution is -2.04. The second-order valence-electron chi connectivity index (χ2n) is 5.51. The van der Waals surface area contributed by atoms with Gasteiger partial charge in [-0.1, -0.05) is 11.2 Å². The zero-order valence-corrected chi connectivity index (χ0v) is 14.3. The van der Waals surface area contributed by atoms with Gasteiger partial charge in [-0.25, -0.2) is 0 Å². The number of alkyl halides is 3. The molecule has 0 amide bonds. The van der Waals surface area contributed by atoms with Gasteiger partial charge in [-0.3, -0.25) is 4.79 Å². The SMILES string of the molecule is C=CCCC(=O)c1ccn(Cc2ccc(-c3noc(C(F)(F)F)n3)s2)c1. The van der Waals surface area contributed by atoms with Crippen LogP contribution in [0.1, 0.15) is 34.0 Å². The van der Waals surface area contributed by atoms with Crippen molar-refractivity contribution in [2.24, 2.45) is 0 Å². The highest BCUT2D eigenvalue weighted by atomic mass is 32.1. The summed E-state index contributed by atoms with van der Waals surface area (Å²) in [4.78, 5) is 16.7. The predicted molar refractivity (Wildman–Crippen MR) is 89.9 cm³/mol. The second-order valence-corrected chi connectivity index (χ2v) is 6.68. The molecule has 0 saturated heterocycles. The molecule has 3 heterocycles. The molecule has 0 unspecified atom stereocenters. The number of aromatic nitrogens is 3. The van der Waals surface area contributed by atoms with Gasteiger partial charge in [-0.05, 0) is 24.6 Å². The standard InChI is InChI=1S/C17H14F3N3O2S/c1-2-3-4-13(24)11-7-8-23(9-11)10-12-5-6-14(26-12)15-21-16(25-22-15)17(18,19)20/h2,5-9H,1,3-4,10H2. The van der Waals surface area contributed by atoms with E-state index in [4.69, 9.17) is 0 Å². The van der Waals surface area contributed by atoms with Crippen LogP contribution in [0.25, 0.3) is 10.7 Å². The normalized spacial score (nSPS) is 11.7. The van der Waals surface area contributed by atoms with Gasteiger partial charge >= 0.3 is 12.1 Å². The fraction of sp³-hybridized carbons (Fsp3) is 0.235. The van der Waals surface area contributed by atoms with E-state index in [1.165, 1.54) is 11.3 Å². The van der Waals surface area contributed by atoms with Crippen LogP contribution in [-0.4, -0.2) is 20.5 Å². The van der Waals surface area contributed by atoms with E-state index in [1.807, 2.05) is 4.57 Å². The van der Waals surface area contributed by atoms with Crippen LogP contribution >= 0.6 is 11.3 Å². The van der Waals surface area contributed by atoms with Gasteiger partial charge in [0.1, 0.15) is 0 Å². The molecule has 0 aromatic carbocycles. The van der Waals surface area contributed by atoms with E-state index < -0.39 is 12.1 Å². The van der Waals surface area contributed by atoms with E-state index in [9.17, 15) is 18.0 Å². The van der Waals surface area contributed by atoms with Crippen molar-refractivity contribution >= 4 is 17.1 Å². The molecule has 5 nitrogen and oxygen atoms in total. The van der Waals surface area contributed by atoms with Crippen LogP contribution in [0.2, 0.25) is 0 Å². The zero-order valence-electron chi connectivity index (χ0n) is 13.5. The minimum atomic E-state index is -4.66. The van der Waals surface area contributed by atoms with Gasteiger partial charge in [0, 0.05) is 29.3 Å². The Hall–Kier alpha value is -2.68. The fourth-order valence-corrected chi connectivity index (χ4v) is 3.23. The number of ketones is 1. The van der Waals surface area contributed by atoms with Crippen molar-refractivity contribution in [2.45, 2.75) is 25.6 Å². The average molecular weight is 381 g/mol. The molecule has 26 heavy (non-hydrogen) atoms. The third-order valence-corrected chi connectivity index (χ3v) is 4.60. The molecule has 3 aromatic heterocycles. The van der Waals surface area contributed by atoms with Crippen molar-refractivity contribution < 1.29 is 22.5 Å². The Bertz CT molecular complexity index is 924. The molecule has 0 atom stereocenters. The highest BCUT2D eigenvalue weighted by Crippen LogP contribution is 2.31. The number of carbonyl (C=O) groups is 1. The third-order valence-electron chi connectivity index (χ3n) is 3.54. The van der Waals surface area contributed by atoms with Crippen LogP contribution in [0, 0.1) is 0 Å². The maximum absolute atomic E-state index is 12.5. The van der Waals surface area contributed by atoms with E-state index in [2.05, 4.69) is 21.2 Å². The summed E-state index contributed by atoms with van der Waals surface area (Å²) in [5.41, 5.74) is 0.622. The van der Waals surface area contributed by atoms with Crippen molar-refractivity contribution in [1.82, 2.24) is 14.7 Å². The molecule has 0 aliphatic carbocycles. The lowest BCUT2D eigenvalue weighted by atomic mass is 10.1. The van der Waals surface area contributed by atoms with Gasteiger partial charge in [0.05, 0.1) is 11.4 Å². The number of hydrogen-bond donors (Lipinski definition) is 0. The summed E-state index contributed by atoms with van der Waals surface area (Å²) in [6.45, 7) is 4.08. The number of Topliss-reactive ketones (excluding diaryl/α,β-unsaturated/α-hetero) is 1. The van der Waals surface area contributed by atoms with Crippen molar-refractivity contribution in [2.75, 3.05) is 0 Å². The highest BCUT2D eigenvalue weighted by molar-refractivity contribution is 7.15. The van der Waals surface area contributed by atoms with Crippen LogP contribution < -0.4 is 0 Å². The highest BCUT2D eigenvalue weighted by Gasteiger charge is 2.38. The molecule has 0 radical (unpaired) electrons. The van der Waals surface area contributed by atoms with Crippen LogP contribution in [0.5, 0.6) is 0 Å². The minimum absolute atomic E-state index is 0.0435. The first-order valence-corrected chi connectivity index (χ1v) is 8.48. The Kier molecular flexibility index (Phi) is 5.08. The van der Waals surface area contributed by atoms with Gasteiger partial charge < -0.3 is 9.09 Å². The molecule has 3 rings (SSSR count). The Morgan fingerprint density at radius 1 is 1.35 bits per heavy atom. The first-order valence-electron chi connectivity index (χ1n) is 7.66. The number of hydrogen-bond acceptors (Lipinski definition) is 5. The lowest BCUT2D eigenvalue weighted by molar-refractivity contribution is -0.159. The van der Waals surface area contributed by atoms with Crippen LogP contribution in [0.4, 0.5) is 13.2 Å². The van der Waals surface area contributed by atoms with Gasteiger partial charge in [0.25, 0.3) is 0 Å². The molecule has 136 valence electrons. The summed E-state index contributed by atoms with van der Waals surface area (Å²) in [5, 5.41) is 3.37. The van der Waals surface area contributed by atoms with Gasteiger partial charge in [-0.2, -0.15) is 18.2 Å². The van der Waals surface area contributed by atoms with Crippen LogP contribution in [-0.2, 0) is 12.7 Å². The van der Waals surface area contributed by atoms with E-state index in [-0.39, 0.29) is 11.6 Å². The molecule has 0 aliphatic rings. The maximum Gasteiger partial charge on any atom is 0.471 e. The zero-order chi connectivity index (χ0) is 18.7. The molecular weight excluding hydrogens is 367 g/mol. The molecule has 0 N–H and O–H groups in total. The Balaban J connectivity index is 1.69. The summed E-state index contributed by atoms with van der Waals surface area (Å²) >= 11 is 1.26. The Labute approximate surface area is 150 Å². The van der Waals surface area contributed by atoms with Gasteiger partial charge in [0.15, 0.2) is 5.78 Å². The van der Waals surface area contributed by atoms with E-state index >= 15 is 0 Å². The number of halogens is 3. The number of carbonyl (C=O) groups excluding carboxylic acids is 1. The van der Waals surface area contributed by atoms with Crippen molar-refractivity contribution in [1.29, 1.82) is 0 Å². The van der Waals surface area contributed by atoms with Crippen LogP contribution in [0.15, 0.2) is 47.8 Å². The number of allylic oxidation sites excluding steroid dienone is 1. The molecule has 3 aromatic rings. The monoisotopic (exact) mass is 381 g/mol. The van der Waals surface area contributed by atoms with Gasteiger partial charge in [-0.15, -0.1) is 17.9 Å². The van der Waals surface area contributed by atoms with Gasteiger partial charge in [0.2, 0.25) is 5.82 Å². The quantitative estimate of drug-likeness (QED) is 0.435. The molecule has 0 aliphatic heterocycles. The summed E-state index contributed by atoms with van der Waals surface area (Å²) in [5.74, 6) is -1.42. The Morgan fingerprint density at radius 2 is 2.15 bits per heavy atom. The molecule has 0 spiro atoms. The number of rotatable bonds is 7. The summed E-state index contributed by atoms with van der Waals surface area (Å²) < 4.78 is 43.7. The summed E-state index contributed by atoms with van der Waals surface area (Å²) in [6, 6.07) is 5.17.